The number of hydrazine groups is 1. The molecule has 154 valence electrons. The highest BCUT2D eigenvalue weighted by Gasteiger charge is 2.27. The second-order valence-corrected chi connectivity index (χ2v) is 6.60. The molecule has 1 aliphatic rings. The summed E-state index contributed by atoms with van der Waals surface area (Å²) in [4.78, 5) is 35.7. The van der Waals surface area contributed by atoms with Gasteiger partial charge in [-0.15, -0.1) is 0 Å². The topological polar surface area (TPSA) is 116 Å². The molecule has 2 aromatic carbocycles. The van der Waals surface area contributed by atoms with E-state index < -0.39 is 23.5 Å². The van der Waals surface area contributed by atoms with Gasteiger partial charge in [-0.25, -0.2) is 4.79 Å². The molecule has 0 aliphatic carbocycles. The van der Waals surface area contributed by atoms with Crippen molar-refractivity contribution >= 4 is 22.8 Å². The highest BCUT2D eigenvalue weighted by Crippen LogP contribution is 2.30. The predicted molar refractivity (Wildman–Crippen MR) is 105 cm³/mol. The monoisotopic (exact) mass is 410 g/mol. The van der Waals surface area contributed by atoms with E-state index in [1.165, 1.54) is 12.1 Å². The van der Waals surface area contributed by atoms with Gasteiger partial charge in [0.25, 0.3) is 11.8 Å². The molecular weight excluding hydrogens is 392 g/mol. The summed E-state index contributed by atoms with van der Waals surface area (Å²) in [6, 6.07) is 13.3. The van der Waals surface area contributed by atoms with Crippen LogP contribution in [-0.4, -0.2) is 31.1 Å². The van der Waals surface area contributed by atoms with Crippen molar-refractivity contribution in [2.75, 3.05) is 13.2 Å². The summed E-state index contributed by atoms with van der Waals surface area (Å²) in [6.45, 7) is 1.47. The van der Waals surface area contributed by atoms with E-state index in [1.807, 2.05) is 0 Å². The molecule has 1 atom stereocenters. The smallest absolute Gasteiger partial charge is 0.336 e. The van der Waals surface area contributed by atoms with E-state index >= 15 is 0 Å². The van der Waals surface area contributed by atoms with Crippen LogP contribution < -0.4 is 30.7 Å². The molecule has 3 aromatic rings. The lowest BCUT2D eigenvalue weighted by molar-refractivity contribution is -0.135. The highest BCUT2D eigenvalue weighted by atomic mass is 16.6. The molecule has 1 aromatic heterocycles. The number of benzene rings is 2. The Hall–Kier alpha value is -4.01. The Bertz CT molecular complexity index is 1170. The summed E-state index contributed by atoms with van der Waals surface area (Å²) in [5.41, 5.74) is 5.22. The number of hydrogen-bond acceptors (Lipinski definition) is 7. The number of amides is 2. The van der Waals surface area contributed by atoms with Crippen molar-refractivity contribution in [1.29, 1.82) is 0 Å². The van der Waals surface area contributed by atoms with Gasteiger partial charge in [-0.2, -0.15) is 0 Å². The molecule has 0 saturated heterocycles. The Morgan fingerprint density at radius 3 is 2.73 bits per heavy atom. The summed E-state index contributed by atoms with van der Waals surface area (Å²) in [5, 5.41) is 0.773. The maximum atomic E-state index is 12.2. The fourth-order valence-electron chi connectivity index (χ4n) is 2.94. The van der Waals surface area contributed by atoms with E-state index in [9.17, 15) is 14.4 Å². The van der Waals surface area contributed by atoms with Crippen LogP contribution in [0, 0.1) is 6.92 Å². The SMILES string of the molecule is Cc1cc(=O)oc2cc(OCC(=O)NNC(=O)C3COc4ccccc4O3)ccc12. The van der Waals surface area contributed by atoms with Gasteiger partial charge < -0.3 is 18.6 Å². The standard InChI is InChI=1S/C21H18N2O7/c1-12-8-20(25)30-17-9-13(6-7-14(12)17)27-11-19(24)22-23-21(26)18-10-28-15-4-2-3-5-16(15)29-18/h2-9,18H,10-11H2,1H3,(H,22,24)(H,23,26). The maximum Gasteiger partial charge on any atom is 0.336 e. The lowest BCUT2D eigenvalue weighted by Crippen LogP contribution is -2.51. The van der Waals surface area contributed by atoms with Crippen LogP contribution in [0.25, 0.3) is 11.0 Å². The first-order chi connectivity index (χ1) is 14.5. The number of aryl methyl sites for hydroxylation is 1. The minimum Gasteiger partial charge on any atom is -0.485 e. The molecule has 1 unspecified atom stereocenters. The van der Waals surface area contributed by atoms with Crippen molar-refractivity contribution in [3.8, 4) is 17.2 Å². The van der Waals surface area contributed by atoms with Crippen molar-refractivity contribution in [1.82, 2.24) is 10.9 Å². The van der Waals surface area contributed by atoms with Gasteiger partial charge in [0.1, 0.15) is 17.9 Å². The van der Waals surface area contributed by atoms with Crippen LogP contribution in [0.2, 0.25) is 0 Å². The third-order valence-electron chi connectivity index (χ3n) is 4.42. The highest BCUT2D eigenvalue weighted by molar-refractivity contribution is 5.86. The first-order valence-corrected chi connectivity index (χ1v) is 9.14. The molecule has 30 heavy (non-hydrogen) atoms. The van der Waals surface area contributed by atoms with Crippen molar-refractivity contribution in [2.45, 2.75) is 13.0 Å². The zero-order valence-corrected chi connectivity index (χ0v) is 16.0. The lowest BCUT2D eigenvalue weighted by atomic mass is 10.1. The number of hydrogen-bond donors (Lipinski definition) is 2. The van der Waals surface area contributed by atoms with E-state index in [-0.39, 0.29) is 13.2 Å². The Labute approximate surface area is 170 Å². The molecule has 0 spiro atoms. The van der Waals surface area contributed by atoms with Gasteiger partial charge in [-0.05, 0) is 36.8 Å². The molecule has 1 aliphatic heterocycles. The van der Waals surface area contributed by atoms with E-state index in [0.29, 0.717) is 22.8 Å². The fourth-order valence-corrected chi connectivity index (χ4v) is 2.94. The second kappa shape index (κ2) is 8.16. The third-order valence-corrected chi connectivity index (χ3v) is 4.42. The summed E-state index contributed by atoms with van der Waals surface area (Å²) in [7, 11) is 0. The molecule has 0 saturated carbocycles. The maximum absolute atomic E-state index is 12.2. The van der Waals surface area contributed by atoms with Crippen molar-refractivity contribution in [3.63, 3.8) is 0 Å². The molecule has 0 fully saturated rings. The molecule has 2 amide bonds. The zero-order chi connectivity index (χ0) is 21.1. The molecule has 4 rings (SSSR count). The normalized spacial score (nSPS) is 14.8. The Morgan fingerprint density at radius 1 is 1.10 bits per heavy atom. The van der Waals surface area contributed by atoms with Crippen LogP contribution in [0.5, 0.6) is 17.2 Å². The number of carbonyl (C=O) groups excluding carboxylic acids is 2. The average Bonchev–Trinajstić information content (AvgIpc) is 2.75. The summed E-state index contributed by atoms with van der Waals surface area (Å²) in [5.74, 6) is 0.225. The fraction of sp³-hybridized carbons (Fsp3) is 0.190. The average molecular weight is 410 g/mol. The predicted octanol–water partition coefficient (Wildman–Crippen LogP) is 1.47. The third kappa shape index (κ3) is 4.19. The molecule has 0 radical (unpaired) electrons. The van der Waals surface area contributed by atoms with Crippen molar-refractivity contribution in [2.24, 2.45) is 0 Å². The number of ether oxygens (including phenoxy) is 3. The number of fused-ring (bicyclic) bond motifs is 2. The minimum atomic E-state index is -0.896. The molecule has 9 nitrogen and oxygen atoms in total. The van der Waals surface area contributed by atoms with E-state index in [2.05, 4.69) is 10.9 Å². The molecule has 0 bridgehead atoms. The van der Waals surface area contributed by atoms with Gasteiger partial charge in [-0.1, -0.05) is 12.1 Å². The first-order valence-electron chi connectivity index (χ1n) is 9.14. The van der Waals surface area contributed by atoms with E-state index in [4.69, 9.17) is 18.6 Å². The quantitative estimate of drug-likeness (QED) is 0.494. The van der Waals surface area contributed by atoms with Gasteiger partial charge in [-0.3, -0.25) is 20.4 Å². The number of rotatable bonds is 4. The first kappa shape index (κ1) is 19.3. The van der Waals surface area contributed by atoms with Crippen molar-refractivity contribution in [3.05, 3.63) is 64.5 Å². The Kier molecular flexibility index (Phi) is 5.25. The van der Waals surface area contributed by atoms with Gasteiger partial charge in [0.05, 0.1) is 0 Å². The van der Waals surface area contributed by atoms with Crippen LogP contribution in [0.15, 0.2) is 57.7 Å². The minimum absolute atomic E-state index is 0.0247. The van der Waals surface area contributed by atoms with Gasteiger partial charge in [0.15, 0.2) is 18.1 Å². The van der Waals surface area contributed by atoms with Crippen LogP contribution >= 0.6 is 0 Å². The van der Waals surface area contributed by atoms with Gasteiger partial charge in [0.2, 0.25) is 6.10 Å². The Balaban J connectivity index is 1.29. The van der Waals surface area contributed by atoms with Crippen LogP contribution in [0.4, 0.5) is 0 Å². The lowest BCUT2D eigenvalue weighted by Gasteiger charge is -2.25. The van der Waals surface area contributed by atoms with Crippen LogP contribution in [0.3, 0.4) is 0 Å². The van der Waals surface area contributed by atoms with Crippen molar-refractivity contribution < 1.29 is 28.2 Å². The molecule has 2 heterocycles. The number of nitrogens with one attached hydrogen (secondary N) is 2. The zero-order valence-electron chi connectivity index (χ0n) is 16.0. The van der Waals surface area contributed by atoms with E-state index in [1.54, 1.807) is 43.3 Å². The Morgan fingerprint density at radius 2 is 1.90 bits per heavy atom. The molecule has 9 heteroatoms. The molecule has 2 N–H and O–H groups in total. The van der Waals surface area contributed by atoms with E-state index in [0.717, 1.165) is 10.9 Å². The largest absolute Gasteiger partial charge is 0.485 e. The van der Waals surface area contributed by atoms with Crippen LogP contribution in [0.1, 0.15) is 5.56 Å². The summed E-state index contributed by atoms with van der Waals surface area (Å²) < 4.78 is 21.6. The van der Waals surface area contributed by atoms with Gasteiger partial charge >= 0.3 is 5.63 Å². The number of para-hydroxylation sites is 2. The molecular formula is C21H18N2O7. The summed E-state index contributed by atoms with van der Waals surface area (Å²) in [6.07, 6.45) is -0.896. The van der Waals surface area contributed by atoms with Gasteiger partial charge in [0, 0.05) is 17.5 Å². The second-order valence-electron chi connectivity index (χ2n) is 6.60. The number of carbonyl (C=O) groups is 2. The van der Waals surface area contributed by atoms with Crippen LogP contribution in [-0.2, 0) is 9.59 Å². The summed E-state index contributed by atoms with van der Waals surface area (Å²) >= 11 is 0.